The van der Waals surface area contributed by atoms with Gasteiger partial charge in [0.15, 0.2) is 5.78 Å². The number of carbonyl (C=O) groups is 1. The van der Waals surface area contributed by atoms with Gasteiger partial charge in [-0.25, -0.2) is 0 Å². The molecule has 0 bridgehead atoms. The molecule has 0 fully saturated rings. The number of hydrogen-bond acceptors (Lipinski definition) is 3. The van der Waals surface area contributed by atoms with Gasteiger partial charge in [0.1, 0.15) is 0 Å². The van der Waals surface area contributed by atoms with Gasteiger partial charge in [-0.15, -0.1) is 11.3 Å². The van der Waals surface area contributed by atoms with Crippen LogP contribution in [-0.4, -0.2) is 12.3 Å². The lowest BCUT2D eigenvalue weighted by molar-refractivity contribution is 0.0962. The van der Waals surface area contributed by atoms with E-state index in [0.29, 0.717) is 13.0 Å². The van der Waals surface area contributed by atoms with Crippen LogP contribution >= 0.6 is 11.3 Å². The largest absolute Gasteiger partial charge is 0.330 e. The predicted octanol–water partition coefficient (Wildman–Crippen LogP) is 3.39. The van der Waals surface area contributed by atoms with E-state index < -0.39 is 0 Å². The van der Waals surface area contributed by atoms with Crippen molar-refractivity contribution in [2.24, 2.45) is 11.1 Å². The Hall–Kier alpha value is -0.670. The molecule has 2 N–H and O–H groups in total. The van der Waals surface area contributed by atoms with E-state index in [4.69, 9.17) is 5.73 Å². The van der Waals surface area contributed by atoms with Gasteiger partial charge in [0.25, 0.3) is 0 Å². The Kier molecular flexibility index (Phi) is 4.69. The van der Waals surface area contributed by atoms with Gasteiger partial charge in [-0.2, -0.15) is 0 Å². The predicted molar refractivity (Wildman–Crippen MR) is 70.1 cm³/mol. The Morgan fingerprint density at radius 1 is 1.44 bits per heavy atom. The van der Waals surface area contributed by atoms with Crippen LogP contribution in [0.4, 0.5) is 0 Å². The minimum absolute atomic E-state index is 0.176. The lowest BCUT2D eigenvalue weighted by Crippen LogP contribution is -2.18. The minimum atomic E-state index is 0.176. The van der Waals surface area contributed by atoms with Crippen molar-refractivity contribution < 1.29 is 4.79 Å². The van der Waals surface area contributed by atoms with Crippen LogP contribution in [0.5, 0.6) is 0 Å². The highest BCUT2D eigenvalue weighted by atomic mass is 32.1. The summed E-state index contributed by atoms with van der Waals surface area (Å²) in [6.45, 7) is 7.07. The molecule has 0 spiro atoms. The lowest BCUT2D eigenvalue weighted by atomic mass is 9.83. The summed E-state index contributed by atoms with van der Waals surface area (Å²) in [6, 6.07) is 1.98. The standard InChI is InChI=1S/C13H21NOS/c1-10-8-11(9-16-10)12(15)4-5-13(2,3)6-7-14/h8-9H,4-7,14H2,1-3H3. The number of thiophene rings is 1. The van der Waals surface area contributed by atoms with E-state index in [-0.39, 0.29) is 11.2 Å². The number of nitrogens with two attached hydrogens (primary N) is 1. The van der Waals surface area contributed by atoms with Gasteiger partial charge in [0.05, 0.1) is 0 Å². The quantitative estimate of drug-likeness (QED) is 0.773. The van der Waals surface area contributed by atoms with E-state index in [2.05, 4.69) is 13.8 Å². The van der Waals surface area contributed by atoms with Crippen LogP contribution in [0.1, 0.15) is 48.3 Å². The topological polar surface area (TPSA) is 43.1 Å². The zero-order chi connectivity index (χ0) is 12.2. The first kappa shape index (κ1) is 13.4. The second-order valence-electron chi connectivity index (χ2n) is 5.07. The molecule has 1 rings (SSSR count). The fourth-order valence-corrected chi connectivity index (χ4v) is 2.41. The normalized spacial score (nSPS) is 11.8. The van der Waals surface area contributed by atoms with Crippen molar-refractivity contribution in [2.45, 2.75) is 40.0 Å². The van der Waals surface area contributed by atoms with Crippen LogP contribution in [-0.2, 0) is 0 Å². The molecule has 0 aliphatic carbocycles. The number of carbonyl (C=O) groups excluding carboxylic acids is 1. The Balaban J connectivity index is 2.47. The zero-order valence-electron chi connectivity index (χ0n) is 10.4. The van der Waals surface area contributed by atoms with Crippen LogP contribution in [0, 0.1) is 12.3 Å². The van der Waals surface area contributed by atoms with Gasteiger partial charge in [-0.1, -0.05) is 13.8 Å². The van der Waals surface area contributed by atoms with Crippen molar-refractivity contribution in [3.05, 3.63) is 21.9 Å². The SMILES string of the molecule is Cc1cc(C(=O)CCC(C)(C)CCN)cs1. The summed E-state index contributed by atoms with van der Waals surface area (Å²) in [6.07, 6.45) is 2.52. The maximum atomic E-state index is 11.9. The van der Waals surface area contributed by atoms with Crippen LogP contribution in [0.25, 0.3) is 0 Å². The van der Waals surface area contributed by atoms with E-state index in [1.165, 1.54) is 4.88 Å². The molecule has 0 saturated carbocycles. The second-order valence-corrected chi connectivity index (χ2v) is 6.19. The van der Waals surface area contributed by atoms with E-state index >= 15 is 0 Å². The Bertz CT molecular complexity index is 355. The third-order valence-electron chi connectivity index (χ3n) is 2.90. The molecule has 0 aliphatic rings. The fraction of sp³-hybridized carbons (Fsp3) is 0.615. The van der Waals surface area contributed by atoms with E-state index in [1.54, 1.807) is 11.3 Å². The Labute approximate surface area is 102 Å². The lowest BCUT2D eigenvalue weighted by Gasteiger charge is -2.23. The molecule has 3 heteroatoms. The molecular weight excluding hydrogens is 218 g/mol. The molecule has 90 valence electrons. The molecule has 0 saturated heterocycles. The number of aryl methyl sites for hydroxylation is 1. The molecule has 0 unspecified atom stereocenters. The van der Waals surface area contributed by atoms with Crippen LogP contribution in [0.2, 0.25) is 0 Å². The van der Waals surface area contributed by atoms with Gasteiger partial charge in [-0.3, -0.25) is 4.79 Å². The summed E-state index contributed by atoms with van der Waals surface area (Å²) in [5.41, 5.74) is 6.59. The van der Waals surface area contributed by atoms with Gasteiger partial charge in [-0.05, 0) is 37.8 Å². The number of Topliss-reactive ketones (excluding diaryl/α,β-unsaturated/α-hetero) is 1. The van der Waals surface area contributed by atoms with E-state index in [0.717, 1.165) is 18.4 Å². The van der Waals surface area contributed by atoms with E-state index in [9.17, 15) is 4.79 Å². The molecule has 0 aliphatic heterocycles. The Morgan fingerprint density at radius 2 is 2.12 bits per heavy atom. The monoisotopic (exact) mass is 239 g/mol. The van der Waals surface area contributed by atoms with Crippen LogP contribution in [0.3, 0.4) is 0 Å². The number of hydrogen-bond donors (Lipinski definition) is 1. The van der Waals surface area contributed by atoms with Crippen molar-refractivity contribution in [2.75, 3.05) is 6.54 Å². The fourth-order valence-electron chi connectivity index (χ4n) is 1.70. The zero-order valence-corrected chi connectivity index (χ0v) is 11.2. The highest BCUT2D eigenvalue weighted by Crippen LogP contribution is 2.27. The highest BCUT2D eigenvalue weighted by Gasteiger charge is 2.19. The smallest absolute Gasteiger partial charge is 0.163 e. The molecule has 0 aromatic carbocycles. The molecule has 1 aromatic heterocycles. The van der Waals surface area contributed by atoms with Crippen LogP contribution < -0.4 is 5.73 Å². The van der Waals surface area contributed by atoms with Crippen molar-refractivity contribution in [1.82, 2.24) is 0 Å². The minimum Gasteiger partial charge on any atom is -0.330 e. The summed E-state index contributed by atoms with van der Waals surface area (Å²) in [4.78, 5) is 13.1. The van der Waals surface area contributed by atoms with Crippen LogP contribution in [0.15, 0.2) is 11.4 Å². The summed E-state index contributed by atoms with van der Waals surface area (Å²) >= 11 is 1.64. The summed E-state index contributed by atoms with van der Waals surface area (Å²) in [7, 11) is 0. The van der Waals surface area contributed by atoms with Crippen molar-refractivity contribution in [3.8, 4) is 0 Å². The maximum absolute atomic E-state index is 11.9. The summed E-state index contributed by atoms with van der Waals surface area (Å²) < 4.78 is 0. The molecule has 1 heterocycles. The molecule has 16 heavy (non-hydrogen) atoms. The van der Waals surface area contributed by atoms with Gasteiger partial charge in [0.2, 0.25) is 0 Å². The van der Waals surface area contributed by atoms with Crippen molar-refractivity contribution in [3.63, 3.8) is 0 Å². The van der Waals surface area contributed by atoms with Crippen molar-refractivity contribution in [1.29, 1.82) is 0 Å². The second kappa shape index (κ2) is 5.60. The first-order valence-corrected chi connectivity index (χ1v) is 6.61. The Morgan fingerprint density at radius 3 is 2.62 bits per heavy atom. The first-order valence-electron chi connectivity index (χ1n) is 5.73. The summed E-state index contributed by atoms with van der Waals surface area (Å²) in [5.74, 6) is 0.259. The van der Waals surface area contributed by atoms with E-state index in [1.807, 2.05) is 18.4 Å². The molecule has 2 nitrogen and oxygen atoms in total. The average molecular weight is 239 g/mol. The summed E-state index contributed by atoms with van der Waals surface area (Å²) in [5, 5.41) is 1.95. The third kappa shape index (κ3) is 4.06. The van der Waals surface area contributed by atoms with Gasteiger partial charge in [0, 0.05) is 22.2 Å². The number of rotatable bonds is 6. The molecule has 0 radical (unpaired) electrons. The first-order chi connectivity index (χ1) is 7.44. The molecular formula is C13H21NOS. The van der Waals surface area contributed by atoms with Crippen molar-refractivity contribution >= 4 is 17.1 Å². The van der Waals surface area contributed by atoms with Gasteiger partial charge < -0.3 is 5.73 Å². The molecule has 0 atom stereocenters. The third-order valence-corrected chi connectivity index (χ3v) is 3.76. The maximum Gasteiger partial charge on any atom is 0.163 e. The molecule has 0 amide bonds. The van der Waals surface area contributed by atoms with Gasteiger partial charge >= 0.3 is 0 Å². The number of ketones is 1. The molecule has 1 aromatic rings. The average Bonchev–Trinajstić information content (AvgIpc) is 2.61. The highest BCUT2D eigenvalue weighted by molar-refractivity contribution is 7.10.